The number of rotatable bonds is 0. The lowest BCUT2D eigenvalue weighted by molar-refractivity contribution is 0.116. The maximum absolute atomic E-state index is 5.33. The SMILES string of the molecule is CC.CC12COC(C1)C2. The van der Waals surface area contributed by atoms with Gasteiger partial charge in [-0.2, -0.15) is 0 Å². The topological polar surface area (TPSA) is 9.23 Å². The molecule has 1 heteroatoms. The van der Waals surface area contributed by atoms with Crippen LogP contribution in [0.25, 0.3) is 0 Å². The first kappa shape index (κ1) is 7.07. The molecule has 0 spiro atoms. The van der Waals surface area contributed by atoms with Gasteiger partial charge in [0.05, 0.1) is 12.7 Å². The van der Waals surface area contributed by atoms with E-state index in [1.807, 2.05) is 13.8 Å². The van der Waals surface area contributed by atoms with Gasteiger partial charge in [0.15, 0.2) is 0 Å². The van der Waals surface area contributed by atoms with Crippen LogP contribution >= 0.6 is 0 Å². The van der Waals surface area contributed by atoms with Crippen molar-refractivity contribution in [2.45, 2.75) is 39.7 Å². The summed E-state index contributed by atoms with van der Waals surface area (Å²) in [6.07, 6.45) is 3.31. The van der Waals surface area contributed by atoms with Crippen molar-refractivity contribution in [2.24, 2.45) is 5.41 Å². The third-order valence-corrected chi connectivity index (χ3v) is 2.11. The monoisotopic (exact) mass is 128 g/mol. The average Bonchev–Trinajstić information content (AvgIpc) is 2.28. The van der Waals surface area contributed by atoms with Crippen molar-refractivity contribution >= 4 is 0 Å². The van der Waals surface area contributed by atoms with Crippen LogP contribution in [0.15, 0.2) is 0 Å². The molecule has 54 valence electrons. The highest BCUT2D eigenvalue weighted by atomic mass is 16.5. The van der Waals surface area contributed by atoms with Crippen LogP contribution in [0.4, 0.5) is 0 Å². The van der Waals surface area contributed by atoms with Crippen molar-refractivity contribution in [1.29, 1.82) is 0 Å². The molecule has 2 aliphatic heterocycles. The lowest BCUT2D eigenvalue weighted by Crippen LogP contribution is -2.28. The summed E-state index contributed by atoms with van der Waals surface area (Å²) in [5.74, 6) is 0. The van der Waals surface area contributed by atoms with Gasteiger partial charge in [0.2, 0.25) is 0 Å². The van der Waals surface area contributed by atoms with E-state index in [1.54, 1.807) is 0 Å². The fourth-order valence-electron chi connectivity index (χ4n) is 1.59. The molecule has 0 radical (unpaired) electrons. The highest BCUT2D eigenvalue weighted by molar-refractivity contribution is 4.96. The summed E-state index contributed by atoms with van der Waals surface area (Å²) in [4.78, 5) is 0. The summed E-state index contributed by atoms with van der Waals surface area (Å²) >= 11 is 0. The zero-order valence-corrected chi connectivity index (χ0v) is 6.61. The van der Waals surface area contributed by atoms with Gasteiger partial charge < -0.3 is 4.74 Å². The molecule has 3 aliphatic rings. The van der Waals surface area contributed by atoms with E-state index in [-0.39, 0.29) is 0 Å². The Morgan fingerprint density at radius 2 is 1.89 bits per heavy atom. The number of hydrogen-bond acceptors (Lipinski definition) is 1. The van der Waals surface area contributed by atoms with Crippen molar-refractivity contribution in [3.8, 4) is 0 Å². The summed E-state index contributed by atoms with van der Waals surface area (Å²) in [7, 11) is 0. The van der Waals surface area contributed by atoms with Crippen LogP contribution < -0.4 is 0 Å². The molecule has 3 rings (SSSR count). The number of hydrogen-bond donors (Lipinski definition) is 0. The predicted molar refractivity (Wildman–Crippen MR) is 38.4 cm³/mol. The molecule has 0 aromatic heterocycles. The lowest BCUT2D eigenvalue weighted by Gasteiger charge is -2.30. The first-order chi connectivity index (χ1) is 4.29. The number of ether oxygens (including phenoxy) is 1. The Labute approximate surface area is 57.4 Å². The van der Waals surface area contributed by atoms with Crippen LogP contribution in [-0.4, -0.2) is 12.7 Å². The highest BCUT2D eigenvalue weighted by Crippen LogP contribution is 2.49. The number of fused-ring (bicyclic) bond motifs is 1. The quantitative estimate of drug-likeness (QED) is 0.486. The van der Waals surface area contributed by atoms with Crippen LogP contribution in [-0.2, 0) is 4.74 Å². The van der Waals surface area contributed by atoms with Crippen molar-refractivity contribution in [2.75, 3.05) is 6.61 Å². The molecule has 0 N–H and O–H groups in total. The van der Waals surface area contributed by atoms with Gasteiger partial charge in [-0.1, -0.05) is 20.8 Å². The minimum atomic E-state index is 0.616. The Hall–Kier alpha value is -0.0400. The first-order valence-corrected chi connectivity index (χ1v) is 3.90. The van der Waals surface area contributed by atoms with Crippen LogP contribution in [0.2, 0.25) is 0 Å². The first-order valence-electron chi connectivity index (χ1n) is 3.90. The summed E-state index contributed by atoms with van der Waals surface area (Å²) in [6, 6.07) is 0. The Morgan fingerprint density at radius 3 is 2.00 bits per heavy atom. The third kappa shape index (κ3) is 1.11. The normalized spacial score (nSPS) is 45.0. The summed E-state index contributed by atoms with van der Waals surface area (Å²) in [6.45, 7) is 7.33. The van der Waals surface area contributed by atoms with Gasteiger partial charge in [-0.15, -0.1) is 0 Å². The molecule has 2 heterocycles. The van der Waals surface area contributed by atoms with Crippen LogP contribution in [0.5, 0.6) is 0 Å². The van der Waals surface area contributed by atoms with Crippen molar-refractivity contribution < 1.29 is 4.74 Å². The van der Waals surface area contributed by atoms with E-state index < -0.39 is 0 Å². The molecule has 0 atom stereocenters. The minimum Gasteiger partial charge on any atom is -0.378 e. The summed E-state index contributed by atoms with van der Waals surface area (Å²) in [5, 5.41) is 0. The molecule has 9 heavy (non-hydrogen) atoms. The minimum absolute atomic E-state index is 0.616. The molecule has 1 nitrogen and oxygen atoms in total. The van der Waals surface area contributed by atoms with Gasteiger partial charge in [0.25, 0.3) is 0 Å². The van der Waals surface area contributed by atoms with Crippen molar-refractivity contribution in [3.63, 3.8) is 0 Å². The average molecular weight is 128 g/mol. The molecular weight excluding hydrogens is 112 g/mol. The van der Waals surface area contributed by atoms with E-state index in [0.29, 0.717) is 11.5 Å². The Morgan fingerprint density at radius 1 is 1.33 bits per heavy atom. The molecule has 2 saturated heterocycles. The van der Waals surface area contributed by atoms with Gasteiger partial charge in [0, 0.05) is 0 Å². The van der Waals surface area contributed by atoms with Crippen LogP contribution in [0.3, 0.4) is 0 Å². The Bertz CT molecular complexity index is 87.2. The molecule has 0 amide bonds. The van der Waals surface area contributed by atoms with E-state index in [0.717, 1.165) is 6.61 Å². The largest absolute Gasteiger partial charge is 0.378 e. The summed E-state index contributed by atoms with van der Waals surface area (Å²) in [5.41, 5.74) is 0.616. The zero-order valence-electron chi connectivity index (χ0n) is 6.61. The predicted octanol–water partition coefficient (Wildman–Crippen LogP) is 2.21. The third-order valence-electron chi connectivity index (χ3n) is 2.11. The standard InChI is InChI=1S/C6H10O.C2H6/c1-6-2-5(3-6)7-4-6;1-2/h5H,2-4H2,1H3;1-2H3. The van der Waals surface area contributed by atoms with Crippen LogP contribution in [0, 0.1) is 5.41 Å². The highest BCUT2D eigenvalue weighted by Gasteiger charge is 2.47. The molecule has 1 aliphatic carbocycles. The molecule has 0 aromatic rings. The summed E-state index contributed by atoms with van der Waals surface area (Å²) < 4.78 is 5.33. The molecule has 3 fully saturated rings. The molecule has 0 unspecified atom stereocenters. The van der Waals surface area contributed by atoms with Crippen LogP contribution in [0.1, 0.15) is 33.6 Å². The van der Waals surface area contributed by atoms with Gasteiger partial charge >= 0.3 is 0 Å². The second-order valence-corrected chi connectivity index (χ2v) is 3.15. The van der Waals surface area contributed by atoms with Gasteiger partial charge in [-0.3, -0.25) is 0 Å². The van der Waals surface area contributed by atoms with Crippen molar-refractivity contribution in [1.82, 2.24) is 0 Å². The molecule has 2 bridgehead atoms. The second kappa shape index (κ2) is 2.30. The van der Waals surface area contributed by atoms with Crippen molar-refractivity contribution in [3.05, 3.63) is 0 Å². The van der Waals surface area contributed by atoms with Gasteiger partial charge in [-0.05, 0) is 18.3 Å². The van der Waals surface area contributed by atoms with E-state index in [9.17, 15) is 0 Å². The van der Waals surface area contributed by atoms with Gasteiger partial charge in [0.1, 0.15) is 0 Å². The zero-order chi connectivity index (χ0) is 6.91. The Kier molecular flexibility index (Phi) is 1.80. The maximum Gasteiger partial charge on any atom is 0.0587 e. The molecule has 0 aromatic carbocycles. The van der Waals surface area contributed by atoms with E-state index in [2.05, 4.69) is 6.92 Å². The molecular formula is C8H16O. The fraction of sp³-hybridized carbons (Fsp3) is 1.00. The lowest BCUT2D eigenvalue weighted by atomic mass is 9.72. The second-order valence-electron chi connectivity index (χ2n) is 3.15. The van der Waals surface area contributed by atoms with Gasteiger partial charge in [-0.25, -0.2) is 0 Å². The van der Waals surface area contributed by atoms with E-state index >= 15 is 0 Å². The van der Waals surface area contributed by atoms with E-state index in [4.69, 9.17) is 4.74 Å². The fourth-order valence-corrected chi connectivity index (χ4v) is 1.59. The smallest absolute Gasteiger partial charge is 0.0587 e. The molecule has 1 saturated carbocycles. The Balaban J connectivity index is 0.000000186. The van der Waals surface area contributed by atoms with E-state index in [1.165, 1.54) is 12.8 Å². The maximum atomic E-state index is 5.33.